The summed E-state index contributed by atoms with van der Waals surface area (Å²) in [4.78, 5) is 14.5. The summed E-state index contributed by atoms with van der Waals surface area (Å²) in [6, 6.07) is 8.60. The number of carbonyl (C=O) groups is 1. The van der Waals surface area contributed by atoms with Crippen molar-refractivity contribution in [2.24, 2.45) is 0 Å². The highest BCUT2D eigenvalue weighted by molar-refractivity contribution is 5.77. The molecule has 2 rings (SSSR count). The molecule has 1 aromatic rings. The van der Waals surface area contributed by atoms with Crippen LogP contribution in [-0.4, -0.2) is 23.9 Å². The molecule has 0 radical (unpaired) electrons. The lowest BCUT2D eigenvalue weighted by Gasteiger charge is -2.23. The Labute approximate surface area is 116 Å². The summed E-state index contributed by atoms with van der Waals surface area (Å²) in [6.45, 7) is 6.09. The standard InChI is InChI=1S/C17H25NO/c1-3-11-18(12-4-2)17(19)13-15-10-9-14-7-5-6-8-16(14)15/h5-8,15H,3-4,9-13H2,1-2H3/t15-/m1/s1. The first-order chi connectivity index (χ1) is 9.26. The zero-order valence-electron chi connectivity index (χ0n) is 12.2. The molecule has 0 saturated heterocycles. The highest BCUT2D eigenvalue weighted by atomic mass is 16.2. The van der Waals surface area contributed by atoms with E-state index in [1.165, 1.54) is 11.1 Å². The molecule has 0 N–H and O–H groups in total. The molecule has 1 aliphatic rings. The second kappa shape index (κ2) is 6.74. The van der Waals surface area contributed by atoms with Gasteiger partial charge in [0.2, 0.25) is 5.91 Å². The molecule has 0 fully saturated rings. The lowest BCUT2D eigenvalue weighted by Crippen LogP contribution is -2.33. The Hall–Kier alpha value is -1.31. The average Bonchev–Trinajstić information content (AvgIpc) is 2.82. The summed E-state index contributed by atoms with van der Waals surface area (Å²) in [6.07, 6.45) is 5.06. The summed E-state index contributed by atoms with van der Waals surface area (Å²) in [5.41, 5.74) is 2.85. The van der Waals surface area contributed by atoms with Crippen LogP contribution >= 0.6 is 0 Å². The molecule has 1 atom stereocenters. The molecule has 0 aliphatic heterocycles. The van der Waals surface area contributed by atoms with Crippen LogP contribution in [0.25, 0.3) is 0 Å². The average molecular weight is 259 g/mol. The Morgan fingerprint density at radius 3 is 2.58 bits per heavy atom. The van der Waals surface area contributed by atoms with Crippen molar-refractivity contribution in [3.8, 4) is 0 Å². The van der Waals surface area contributed by atoms with E-state index in [4.69, 9.17) is 0 Å². The van der Waals surface area contributed by atoms with Crippen molar-refractivity contribution in [1.29, 1.82) is 0 Å². The number of fused-ring (bicyclic) bond motifs is 1. The summed E-state index contributed by atoms with van der Waals surface area (Å²) >= 11 is 0. The van der Waals surface area contributed by atoms with E-state index >= 15 is 0 Å². The van der Waals surface area contributed by atoms with Gasteiger partial charge in [-0.15, -0.1) is 0 Å². The van der Waals surface area contributed by atoms with Gasteiger partial charge in [0.15, 0.2) is 0 Å². The van der Waals surface area contributed by atoms with E-state index in [1.807, 2.05) is 4.90 Å². The smallest absolute Gasteiger partial charge is 0.223 e. The van der Waals surface area contributed by atoms with Gasteiger partial charge in [0.05, 0.1) is 0 Å². The number of benzene rings is 1. The minimum Gasteiger partial charge on any atom is -0.343 e. The van der Waals surface area contributed by atoms with Crippen LogP contribution in [0.2, 0.25) is 0 Å². The Morgan fingerprint density at radius 1 is 1.21 bits per heavy atom. The Morgan fingerprint density at radius 2 is 1.89 bits per heavy atom. The predicted molar refractivity (Wildman–Crippen MR) is 79.3 cm³/mol. The van der Waals surface area contributed by atoms with E-state index in [-0.39, 0.29) is 0 Å². The third kappa shape index (κ3) is 3.37. The predicted octanol–water partition coefficient (Wildman–Crippen LogP) is 3.76. The molecule has 0 aromatic heterocycles. The number of rotatable bonds is 6. The van der Waals surface area contributed by atoms with Gasteiger partial charge in [0.25, 0.3) is 0 Å². The number of amides is 1. The zero-order chi connectivity index (χ0) is 13.7. The monoisotopic (exact) mass is 259 g/mol. The van der Waals surface area contributed by atoms with Crippen LogP contribution in [0.15, 0.2) is 24.3 Å². The molecule has 19 heavy (non-hydrogen) atoms. The van der Waals surface area contributed by atoms with Gasteiger partial charge in [-0.3, -0.25) is 4.79 Å². The molecular formula is C17H25NO. The SMILES string of the molecule is CCCN(CCC)C(=O)C[C@H]1CCc2ccccc21. The molecule has 0 bridgehead atoms. The van der Waals surface area contributed by atoms with Crippen LogP contribution < -0.4 is 0 Å². The summed E-state index contributed by atoms with van der Waals surface area (Å²) in [7, 11) is 0. The van der Waals surface area contributed by atoms with Crippen molar-refractivity contribution in [2.45, 2.75) is 51.9 Å². The molecule has 2 heteroatoms. The van der Waals surface area contributed by atoms with Crippen LogP contribution in [-0.2, 0) is 11.2 Å². The summed E-state index contributed by atoms with van der Waals surface area (Å²) in [5, 5.41) is 0. The number of hydrogen-bond donors (Lipinski definition) is 0. The van der Waals surface area contributed by atoms with E-state index in [0.717, 1.165) is 38.8 Å². The molecule has 1 aromatic carbocycles. The molecule has 104 valence electrons. The van der Waals surface area contributed by atoms with Crippen molar-refractivity contribution < 1.29 is 4.79 Å². The third-order valence-electron chi connectivity index (χ3n) is 4.02. The summed E-state index contributed by atoms with van der Waals surface area (Å²) in [5.74, 6) is 0.783. The zero-order valence-corrected chi connectivity index (χ0v) is 12.2. The highest BCUT2D eigenvalue weighted by Crippen LogP contribution is 2.35. The van der Waals surface area contributed by atoms with Gasteiger partial charge in [0.1, 0.15) is 0 Å². The molecule has 1 aliphatic carbocycles. The van der Waals surface area contributed by atoms with Crippen molar-refractivity contribution in [3.05, 3.63) is 35.4 Å². The topological polar surface area (TPSA) is 20.3 Å². The van der Waals surface area contributed by atoms with Gasteiger partial charge in [-0.25, -0.2) is 0 Å². The molecule has 2 nitrogen and oxygen atoms in total. The van der Waals surface area contributed by atoms with E-state index in [2.05, 4.69) is 38.1 Å². The minimum absolute atomic E-state index is 0.338. The Balaban J connectivity index is 1.99. The fourth-order valence-electron chi connectivity index (χ4n) is 3.10. The Kier molecular flexibility index (Phi) is 5.00. The lowest BCUT2D eigenvalue weighted by molar-refractivity contribution is -0.131. The van der Waals surface area contributed by atoms with E-state index in [0.29, 0.717) is 18.2 Å². The molecule has 0 heterocycles. The fourth-order valence-corrected chi connectivity index (χ4v) is 3.10. The Bertz CT molecular complexity index is 421. The molecule has 0 unspecified atom stereocenters. The van der Waals surface area contributed by atoms with Gasteiger partial charge in [0, 0.05) is 19.5 Å². The van der Waals surface area contributed by atoms with E-state index in [1.54, 1.807) is 0 Å². The fraction of sp³-hybridized carbons (Fsp3) is 0.588. The van der Waals surface area contributed by atoms with E-state index < -0.39 is 0 Å². The second-order valence-electron chi connectivity index (χ2n) is 5.52. The third-order valence-corrected chi connectivity index (χ3v) is 4.02. The molecule has 0 spiro atoms. The maximum Gasteiger partial charge on any atom is 0.223 e. The molecular weight excluding hydrogens is 234 g/mol. The van der Waals surface area contributed by atoms with Gasteiger partial charge < -0.3 is 4.90 Å². The van der Waals surface area contributed by atoms with Crippen LogP contribution in [0.4, 0.5) is 0 Å². The van der Waals surface area contributed by atoms with Crippen LogP contribution in [0.5, 0.6) is 0 Å². The maximum atomic E-state index is 12.4. The maximum absolute atomic E-state index is 12.4. The molecule has 0 saturated carbocycles. The van der Waals surface area contributed by atoms with Crippen molar-refractivity contribution in [2.75, 3.05) is 13.1 Å². The van der Waals surface area contributed by atoms with Crippen LogP contribution in [0, 0.1) is 0 Å². The number of aryl methyl sites for hydroxylation is 1. The second-order valence-corrected chi connectivity index (χ2v) is 5.52. The van der Waals surface area contributed by atoms with Crippen molar-refractivity contribution >= 4 is 5.91 Å². The van der Waals surface area contributed by atoms with E-state index in [9.17, 15) is 4.79 Å². The van der Waals surface area contributed by atoms with Gasteiger partial charge in [-0.2, -0.15) is 0 Å². The van der Waals surface area contributed by atoms with Crippen molar-refractivity contribution in [3.63, 3.8) is 0 Å². The largest absolute Gasteiger partial charge is 0.343 e. The first kappa shape index (κ1) is 14.1. The quantitative estimate of drug-likeness (QED) is 0.762. The first-order valence-electron chi connectivity index (χ1n) is 7.61. The highest BCUT2D eigenvalue weighted by Gasteiger charge is 2.25. The van der Waals surface area contributed by atoms with Crippen LogP contribution in [0.1, 0.15) is 56.6 Å². The minimum atomic E-state index is 0.338. The van der Waals surface area contributed by atoms with Gasteiger partial charge in [-0.1, -0.05) is 38.1 Å². The van der Waals surface area contributed by atoms with Crippen LogP contribution in [0.3, 0.4) is 0 Å². The van der Waals surface area contributed by atoms with Crippen molar-refractivity contribution in [1.82, 2.24) is 4.90 Å². The summed E-state index contributed by atoms with van der Waals surface area (Å²) < 4.78 is 0. The lowest BCUT2D eigenvalue weighted by atomic mass is 9.97. The normalized spacial score (nSPS) is 17.3. The first-order valence-corrected chi connectivity index (χ1v) is 7.61. The van der Waals surface area contributed by atoms with Gasteiger partial charge in [-0.05, 0) is 42.7 Å². The number of hydrogen-bond acceptors (Lipinski definition) is 1. The number of nitrogens with zero attached hydrogens (tertiary/aromatic N) is 1. The van der Waals surface area contributed by atoms with Gasteiger partial charge >= 0.3 is 0 Å². The number of carbonyl (C=O) groups excluding carboxylic acids is 1. The molecule has 1 amide bonds.